The molecule has 2 aromatic rings. The van der Waals surface area contributed by atoms with Gasteiger partial charge in [-0.15, -0.1) is 0 Å². The van der Waals surface area contributed by atoms with Gasteiger partial charge in [-0.1, -0.05) is 24.3 Å². The number of nitrogens with one attached hydrogen (secondary N) is 1. The fourth-order valence-electron chi connectivity index (χ4n) is 2.54. The predicted molar refractivity (Wildman–Crippen MR) is 95.4 cm³/mol. The van der Waals surface area contributed by atoms with Crippen LogP contribution in [0.2, 0.25) is 0 Å². The third-order valence-corrected chi connectivity index (χ3v) is 3.97. The Labute approximate surface area is 142 Å². The van der Waals surface area contributed by atoms with Crippen molar-refractivity contribution in [1.29, 1.82) is 0 Å². The van der Waals surface area contributed by atoms with Gasteiger partial charge in [0, 0.05) is 18.8 Å². The average molecular weight is 325 g/mol. The minimum atomic E-state index is -0.318. The van der Waals surface area contributed by atoms with E-state index in [2.05, 4.69) is 10.3 Å². The molecule has 5 heteroatoms. The van der Waals surface area contributed by atoms with Gasteiger partial charge < -0.3 is 10.2 Å². The molecule has 1 aromatic carbocycles. The maximum atomic E-state index is 12.5. The predicted octanol–water partition coefficient (Wildman–Crippen LogP) is 3.43. The lowest BCUT2D eigenvalue weighted by molar-refractivity contribution is 0.0767. The van der Waals surface area contributed by atoms with E-state index in [0.29, 0.717) is 13.1 Å². The first-order chi connectivity index (χ1) is 11.5. The lowest BCUT2D eigenvalue weighted by Crippen LogP contribution is -2.31. The molecule has 0 atom stereocenters. The van der Waals surface area contributed by atoms with Crippen LogP contribution in [0.4, 0.5) is 5.69 Å². The largest absolute Gasteiger partial charge is 0.338 e. The van der Waals surface area contributed by atoms with E-state index in [1.165, 1.54) is 0 Å². The molecule has 0 aliphatic heterocycles. The summed E-state index contributed by atoms with van der Waals surface area (Å²) in [4.78, 5) is 30.8. The van der Waals surface area contributed by atoms with Crippen LogP contribution in [0.1, 0.15) is 46.0 Å². The maximum Gasteiger partial charge on any atom is 0.274 e. The van der Waals surface area contributed by atoms with Crippen molar-refractivity contribution in [3.63, 3.8) is 0 Å². The lowest BCUT2D eigenvalue weighted by atomic mass is 10.1. The Morgan fingerprint density at radius 3 is 2.08 bits per heavy atom. The molecule has 0 fully saturated rings. The van der Waals surface area contributed by atoms with Crippen molar-refractivity contribution in [3.05, 3.63) is 58.9 Å². The maximum absolute atomic E-state index is 12.5. The van der Waals surface area contributed by atoms with Crippen molar-refractivity contribution in [3.8, 4) is 0 Å². The van der Waals surface area contributed by atoms with E-state index in [-0.39, 0.29) is 23.2 Å². The van der Waals surface area contributed by atoms with Gasteiger partial charge in [0.1, 0.15) is 11.4 Å². The van der Waals surface area contributed by atoms with Gasteiger partial charge in [-0.3, -0.25) is 9.59 Å². The van der Waals surface area contributed by atoms with Gasteiger partial charge >= 0.3 is 0 Å². The Kier molecular flexibility index (Phi) is 5.68. The molecule has 0 radical (unpaired) electrons. The fourth-order valence-corrected chi connectivity index (χ4v) is 2.54. The van der Waals surface area contributed by atoms with E-state index in [1.54, 1.807) is 23.1 Å². The fraction of sp³-hybridized carbons (Fsp3) is 0.316. The third-order valence-electron chi connectivity index (χ3n) is 3.97. The van der Waals surface area contributed by atoms with E-state index >= 15 is 0 Å². The number of para-hydroxylation sites is 1. The van der Waals surface area contributed by atoms with Crippen molar-refractivity contribution in [2.24, 2.45) is 0 Å². The topological polar surface area (TPSA) is 62.3 Å². The number of hydrogen-bond donors (Lipinski definition) is 1. The molecular formula is C19H23N3O2. The van der Waals surface area contributed by atoms with Crippen LogP contribution in [-0.2, 0) is 0 Å². The molecular weight excluding hydrogens is 302 g/mol. The van der Waals surface area contributed by atoms with Crippen LogP contribution in [0.15, 0.2) is 36.4 Å². The molecule has 5 nitrogen and oxygen atoms in total. The van der Waals surface area contributed by atoms with E-state index in [4.69, 9.17) is 0 Å². The monoisotopic (exact) mass is 325 g/mol. The highest BCUT2D eigenvalue weighted by molar-refractivity contribution is 6.04. The van der Waals surface area contributed by atoms with E-state index < -0.39 is 0 Å². The van der Waals surface area contributed by atoms with Crippen LogP contribution in [0.3, 0.4) is 0 Å². The van der Waals surface area contributed by atoms with Gasteiger partial charge in [0.25, 0.3) is 11.8 Å². The Morgan fingerprint density at radius 2 is 1.50 bits per heavy atom. The minimum Gasteiger partial charge on any atom is -0.338 e. The van der Waals surface area contributed by atoms with Crippen molar-refractivity contribution in [2.45, 2.75) is 27.7 Å². The Morgan fingerprint density at radius 1 is 0.958 bits per heavy atom. The number of carbonyl (C=O) groups excluding carboxylic acids is 2. The summed E-state index contributed by atoms with van der Waals surface area (Å²) in [5, 5.41) is 2.89. The van der Waals surface area contributed by atoms with Crippen LogP contribution in [0.5, 0.6) is 0 Å². The van der Waals surface area contributed by atoms with E-state index in [1.807, 2.05) is 45.9 Å². The SMILES string of the molecule is CCN(CC)C(=O)c1cccc(C(=O)Nc2c(C)cccc2C)n1. The first kappa shape index (κ1) is 17.7. The van der Waals surface area contributed by atoms with Gasteiger partial charge in [-0.2, -0.15) is 0 Å². The molecule has 0 spiro atoms. The van der Waals surface area contributed by atoms with Gasteiger partial charge in [0.15, 0.2) is 0 Å². The average Bonchev–Trinajstić information content (AvgIpc) is 2.59. The molecule has 0 saturated carbocycles. The number of nitrogens with zero attached hydrogens (tertiary/aromatic N) is 2. The second-order valence-corrected chi connectivity index (χ2v) is 5.61. The van der Waals surface area contributed by atoms with Gasteiger partial charge in [0.05, 0.1) is 0 Å². The molecule has 1 aromatic heterocycles. The first-order valence-corrected chi connectivity index (χ1v) is 8.11. The minimum absolute atomic E-state index is 0.165. The Hall–Kier alpha value is -2.69. The highest BCUT2D eigenvalue weighted by Crippen LogP contribution is 2.20. The third kappa shape index (κ3) is 3.79. The van der Waals surface area contributed by atoms with Gasteiger partial charge in [0.2, 0.25) is 0 Å². The second kappa shape index (κ2) is 7.73. The zero-order chi connectivity index (χ0) is 17.7. The van der Waals surface area contributed by atoms with Crippen LogP contribution >= 0.6 is 0 Å². The van der Waals surface area contributed by atoms with Crippen molar-refractivity contribution in [2.75, 3.05) is 18.4 Å². The molecule has 0 bridgehead atoms. The number of rotatable bonds is 5. The molecule has 2 amide bonds. The molecule has 0 aliphatic rings. The standard InChI is InChI=1S/C19H23N3O2/c1-5-22(6-2)19(24)16-12-8-11-15(20-16)18(23)21-17-13(3)9-7-10-14(17)4/h7-12H,5-6H2,1-4H3,(H,21,23). The molecule has 0 saturated heterocycles. The second-order valence-electron chi connectivity index (χ2n) is 5.61. The lowest BCUT2D eigenvalue weighted by Gasteiger charge is -2.18. The van der Waals surface area contributed by atoms with Crippen molar-refractivity contribution in [1.82, 2.24) is 9.88 Å². The number of aryl methyl sites for hydroxylation is 2. The molecule has 0 aliphatic carbocycles. The quantitative estimate of drug-likeness (QED) is 0.916. The Balaban J connectivity index is 2.25. The summed E-state index contributed by atoms with van der Waals surface area (Å²) in [6.45, 7) is 8.93. The van der Waals surface area contributed by atoms with Gasteiger partial charge in [-0.05, 0) is 51.0 Å². The van der Waals surface area contributed by atoms with Gasteiger partial charge in [-0.25, -0.2) is 4.98 Å². The summed E-state index contributed by atoms with van der Waals surface area (Å²) in [6.07, 6.45) is 0. The van der Waals surface area contributed by atoms with Crippen molar-refractivity contribution >= 4 is 17.5 Å². The van der Waals surface area contributed by atoms with Crippen molar-refractivity contribution < 1.29 is 9.59 Å². The number of benzene rings is 1. The number of hydrogen-bond acceptors (Lipinski definition) is 3. The van der Waals surface area contributed by atoms with Crippen LogP contribution < -0.4 is 5.32 Å². The summed E-state index contributed by atoms with van der Waals surface area (Å²) in [7, 11) is 0. The van der Waals surface area contributed by atoms with Crippen LogP contribution in [0, 0.1) is 13.8 Å². The van der Waals surface area contributed by atoms with Crippen LogP contribution in [-0.4, -0.2) is 34.8 Å². The molecule has 1 N–H and O–H groups in total. The number of anilines is 1. The molecule has 1 heterocycles. The number of aromatic nitrogens is 1. The number of carbonyl (C=O) groups is 2. The summed E-state index contributed by atoms with van der Waals surface area (Å²) in [5.74, 6) is -0.483. The normalized spacial score (nSPS) is 10.3. The highest BCUT2D eigenvalue weighted by atomic mass is 16.2. The van der Waals surface area contributed by atoms with E-state index in [0.717, 1.165) is 16.8 Å². The zero-order valence-electron chi connectivity index (χ0n) is 14.6. The molecule has 2 rings (SSSR count). The molecule has 126 valence electrons. The molecule has 24 heavy (non-hydrogen) atoms. The summed E-state index contributed by atoms with van der Waals surface area (Å²) in [5.41, 5.74) is 3.27. The number of pyridine rings is 1. The number of amides is 2. The summed E-state index contributed by atoms with van der Waals surface area (Å²) >= 11 is 0. The highest BCUT2D eigenvalue weighted by Gasteiger charge is 2.17. The van der Waals surface area contributed by atoms with E-state index in [9.17, 15) is 9.59 Å². The Bertz CT molecular complexity index is 732. The summed E-state index contributed by atoms with van der Waals surface area (Å²) in [6, 6.07) is 10.8. The zero-order valence-corrected chi connectivity index (χ0v) is 14.6. The summed E-state index contributed by atoms with van der Waals surface area (Å²) < 4.78 is 0. The first-order valence-electron chi connectivity index (χ1n) is 8.11. The molecule has 0 unspecified atom stereocenters. The van der Waals surface area contributed by atoms with Crippen LogP contribution in [0.25, 0.3) is 0 Å². The smallest absolute Gasteiger partial charge is 0.274 e.